The SMILES string of the molecule is Cc1nn(-c2ccccc2)c2c1[C@@H]1c3ccccc3CC[C@@H]1[C@H](C)O2. The van der Waals surface area contributed by atoms with Crippen molar-refractivity contribution in [1.29, 1.82) is 0 Å². The number of rotatable bonds is 1. The molecule has 0 amide bonds. The molecule has 3 aromatic rings. The largest absolute Gasteiger partial charge is 0.474 e. The highest BCUT2D eigenvalue weighted by atomic mass is 16.5. The van der Waals surface area contributed by atoms with E-state index in [-0.39, 0.29) is 6.10 Å². The highest BCUT2D eigenvalue weighted by molar-refractivity contribution is 5.51. The lowest BCUT2D eigenvalue weighted by atomic mass is 9.69. The molecule has 3 heteroatoms. The Labute approximate surface area is 148 Å². The smallest absolute Gasteiger partial charge is 0.221 e. The Kier molecular flexibility index (Phi) is 3.24. The Bertz CT molecular complexity index is 928. The molecule has 0 saturated carbocycles. The number of para-hydroxylation sites is 1. The van der Waals surface area contributed by atoms with E-state index in [1.807, 2.05) is 22.9 Å². The van der Waals surface area contributed by atoms with Crippen molar-refractivity contribution in [1.82, 2.24) is 9.78 Å². The summed E-state index contributed by atoms with van der Waals surface area (Å²) in [5.74, 6) is 1.84. The van der Waals surface area contributed by atoms with Gasteiger partial charge in [-0.15, -0.1) is 0 Å². The van der Waals surface area contributed by atoms with Gasteiger partial charge in [0.1, 0.15) is 6.10 Å². The van der Waals surface area contributed by atoms with Gasteiger partial charge in [-0.3, -0.25) is 0 Å². The molecule has 1 aliphatic carbocycles. The quantitative estimate of drug-likeness (QED) is 0.649. The third-order valence-corrected chi connectivity index (χ3v) is 5.84. The molecule has 0 spiro atoms. The molecule has 5 rings (SSSR count). The van der Waals surface area contributed by atoms with E-state index in [0.717, 1.165) is 23.7 Å². The van der Waals surface area contributed by atoms with E-state index in [1.165, 1.54) is 23.1 Å². The summed E-state index contributed by atoms with van der Waals surface area (Å²) < 4.78 is 8.40. The van der Waals surface area contributed by atoms with Gasteiger partial charge in [0.2, 0.25) is 5.88 Å². The van der Waals surface area contributed by atoms with Crippen LogP contribution in [-0.4, -0.2) is 15.9 Å². The van der Waals surface area contributed by atoms with E-state index < -0.39 is 0 Å². The molecular weight excluding hydrogens is 308 g/mol. The number of benzene rings is 2. The van der Waals surface area contributed by atoms with E-state index in [4.69, 9.17) is 9.84 Å². The van der Waals surface area contributed by atoms with Crippen LogP contribution in [0.3, 0.4) is 0 Å². The fourth-order valence-corrected chi connectivity index (χ4v) is 4.66. The van der Waals surface area contributed by atoms with E-state index in [2.05, 4.69) is 50.2 Å². The second kappa shape index (κ2) is 5.48. The summed E-state index contributed by atoms with van der Waals surface area (Å²) >= 11 is 0. The molecule has 2 heterocycles. The molecular formula is C22H22N2O. The molecule has 1 aromatic heterocycles. The van der Waals surface area contributed by atoms with Crippen molar-refractivity contribution in [3.05, 3.63) is 77.0 Å². The van der Waals surface area contributed by atoms with Gasteiger partial charge in [-0.05, 0) is 49.9 Å². The summed E-state index contributed by atoms with van der Waals surface area (Å²) in [5, 5.41) is 4.85. The number of aromatic nitrogens is 2. The lowest BCUT2D eigenvalue weighted by Crippen LogP contribution is -2.37. The van der Waals surface area contributed by atoms with Gasteiger partial charge < -0.3 is 4.74 Å². The van der Waals surface area contributed by atoms with Gasteiger partial charge in [-0.25, -0.2) is 4.68 Å². The Morgan fingerprint density at radius 1 is 1.04 bits per heavy atom. The predicted octanol–water partition coefficient (Wildman–Crippen LogP) is 4.66. The van der Waals surface area contributed by atoms with Crippen LogP contribution in [0.15, 0.2) is 54.6 Å². The van der Waals surface area contributed by atoms with Gasteiger partial charge in [0, 0.05) is 17.4 Å². The molecule has 0 fully saturated rings. The monoisotopic (exact) mass is 330 g/mol. The van der Waals surface area contributed by atoms with Crippen LogP contribution in [0, 0.1) is 12.8 Å². The minimum Gasteiger partial charge on any atom is -0.474 e. The maximum Gasteiger partial charge on any atom is 0.221 e. The summed E-state index contributed by atoms with van der Waals surface area (Å²) in [7, 11) is 0. The van der Waals surface area contributed by atoms with Crippen molar-refractivity contribution in [2.75, 3.05) is 0 Å². The van der Waals surface area contributed by atoms with Gasteiger partial charge in [-0.2, -0.15) is 5.10 Å². The van der Waals surface area contributed by atoms with Gasteiger partial charge in [0.25, 0.3) is 0 Å². The van der Waals surface area contributed by atoms with Crippen LogP contribution in [0.4, 0.5) is 0 Å². The Hall–Kier alpha value is -2.55. The number of hydrogen-bond acceptors (Lipinski definition) is 2. The third-order valence-electron chi connectivity index (χ3n) is 5.84. The molecule has 0 N–H and O–H groups in total. The molecule has 0 unspecified atom stereocenters. The van der Waals surface area contributed by atoms with Crippen molar-refractivity contribution in [2.45, 2.75) is 38.7 Å². The van der Waals surface area contributed by atoms with Gasteiger partial charge in [0.15, 0.2) is 0 Å². The van der Waals surface area contributed by atoms with Crippen molar-refractivity contribution >= 4 is 0 Å². The average Bonchev–Trinajstić information content (AvgIpc) is 2.98. The molecule has 126 valence electrons. The summed E-state index contributed by atoms with van der Waals surface area (Å²) in [6, 6.07) is 19.2. The van der Waals surface area contributed by atoms with Crippen LogP contribution < -0.4 is 4.74 Å². The number of ether oxygens (including phenoxy) is 1. The Morgan fingerprint density at radius 3 is 2.64 bits per heavy atom. The summed E-state index contributed by atoms with van der Waals surface area (Å²) in [4.78, 5) is 0. The minimum atomic E-state index is 0.199. The normalized spacial score (nSPS) is 24.0. The van der Waals surface area contributed by atoms with Crippen molar-refractivity contribution in [2.24, 2.45) is 5.92 Å². The summed E-state index contributed by atoms with van der Waals surface area (Å²) in [6.45, 7) is 4.33. The van der Waals surface area contributed by atoms with Crippen molar-refractivity contribution in [3.8, 4) is 11.6 Å². The molecule has 25 heavy (non-hydrogen) atoms. The highest BCUT2D eigenvalue weighted by Crippen LogP contribution is 2.50. The second-order valence-corrected chi connectivity index (χ2v) is 7.25. The van der Waals surface area contributed by atoms with Crippen molar-refractivity contribution < 1.29 is 4.74 Å². The van der Waals surface area contributed by atoms with Crippen LogP contribution in [-0.2, 0) is 6.42 Å². The first-order chi connectivity index (χ1) is 12.2. The molecule has 0 saturated heterocycles. The topological polar surface area (TPSA) is 27.1 Å². The molecule has 0 bridgehead atoms. The Morgan fingerprint density at radius 2 is 1.80 bits per heavy atom. The zero-order chi connectivity index (χ0) is 17.0. The lowest BCUT2D eigenvalue weighted by Gasteiger charge is -2.41. The highest BCUT2D eigenvalue weighted by Gasteiger charge is 2.43. The van der Waals surface area contributed by atoms with Crippen LogP contribution in [0.25, 0.3) is 5.69 Å². The first-order valence-corrected chi connectivity index (χ1v) is 9.13. The summed E-state index contributed by atoms with van der Waals surface area (Å²) in [6.07, 6.45) is 2.52. The molecule has 1 aliphatic heterocycles. The molecule has 2 aromatic carbocycles. The minimum absolute atomic E-state index is 0.199. The number of hydrogen-bond donors (Lipinski definition) is 0. The van der Waals surface area contributed by atoms with E-state index in [9.17, 15) is 0 Å². The number of aryl methyl sites for hydroxylation is 2. The van der Waals surface area contributed by atoms with Crippen LogP contribution in [0.5, 0.6) is 5.88 Å². The van der Waals surface area contributed by atoms with Gasteiger partial charge >= 0.3 is 0 Å². The van der Waals surface area contributed by atoms with E-state index >= 15 is 0 Å². The zero-order valence-electron chi connectivity index (χ0n) is 14.6. The van der Waals surface area contributed by atoms with E-state index in [0.29, 0.717) is 11.8 Å². The van der Waals surface area contributed by atoms with Crippen LogP contribution in [0.1, 0.15) is 41.6 Å². The van der Waals surface area contributed by atoms with Gasteiger partial charge in [-0.1, -0.05) is 42.5 Å². The zero-order valence-corrected chi connectivity index (χ0v) is 14.6. The summed E-state index contributed by atoms with van der Waals surface area (Å²) in [5.41, 5.74) is 6.36. The van der Waals surface area contributed by atoms with Crippen LogP contribution in [0.2, 0.25) is 0 Å². The fraction of sp³-hybridized carbons (Fsp3) is 0.318. The van der Waals surface area contributed by atoms with Crippen molar-refractivity contribution in [3.63, 3.8) is 0 Å². The second-order valence-electron chi connectivity index (χ2n) is 7.25. The predicted molar refractivity (Wildman–Crippen MR) is 98.5 cm³/mol. The molecule has 3 nitrogen and oxygen atoms in total. The fourth-order valence-electron chi connectivity index (χ4n) is 4.66. The standard InChI is InChI=1S/C22H22N2O/c1-14-20-21-18(13-12-16-8-6-7-11-19(16)21)15(2)25-22(20)24(23-14)17-9-4-3-5-10-17/h3-11,15,18,21H,12-13H2,1-2H3/t15-,18+,21-/m0/s1. The third kappa shape index (κ3) is 2.15. The number of nitrogens with zero attached hydrogens (tertiary/aromatic N) is 2. The number of fused-ring (bicyclic) bond motifs is 5. The molecule has 2 aliphatic rings. The molecule has 0 radical (unpaired) electrons. The van der Waals surface area contributed by atoms with E-state index in [1.54, 1.807) is 0 Å². The maximum absolute atomic E-state index is 6.42. The lowest BCUT2D eigenvalue weighted by molar-refractivity contribution is 0.0978. The van der Waals surface area contributed by atoms with Gasteiger partial charge in [0.05, 0.1) is 11.4 Å². The maximum atomic E-state index is 6.42. The van der Waals surface area contributed by atoms with Crippen LogP contribution >= 0.6 is 0 Å². The Balaban J connectivity index is 1.73. The first kappa shape index (κ1) is 14.8. The molecule has 3 atom stereocenters. The average molecular weight is 330 g/mol. The first-order valence-electron chi connectivity index (χ1n) is 9.13.